The molecule has 1 fully saturated rings. The molecule has 2 aromatic carbocycles. The SMILES string of the molecule is COC1COC[C@H]1Oc1ccccc1-c1ccn(Cc2ccccc2)n1. The summed E-state index contributed by atoms with van der Waals surface area (Å²) >= 11 is 0. The highest BCUT2D eigenvalue weighted by Crippen LogP contribution is 2.30. The Hall–Kier alpha value is -2.63. The summed E-state index contributed by atoms with van der Waals surface area (Å²) in [6.45, 7) is 1.84. The predicted molar refractivity (Wildman–Crippen MR) is 99.2 cm³/mol. The van der Waals surface area contributed by atoms with Gasteiger partial charge >= 0.3 is 0 Å². The van der Waals surface area contributed by atoms with Crippen molar-refractivity contribution in [2.45, 2.75) is 18.8 Å². The van der Waals surface area contributed by atoms with Gasteiger partial charge in [-0.25, -0.2) is 0 Å². The maximum Gasteiger partial charge on any atom is 0.150 e. The molecule has 3 aromatic rings. The van der Waals surface area contributed by atoms with Gasteiger partial charge in [0, 0.05) is 18.9 Å². The minimum absolute atomic E-state index is 0.0429. The van der Waals surface area contributed by atoms with Gasteiger partial charge in [0.15, 0.2) is 6.10 Å². The van der Waals surface area contributed by atoms with Gasteiger partial charge in [-0.2, -0.15) is 5.10 Å². The maximum absolute atomic E-state index is 6.19. The summed E-state index contributed by atoms with van der Waals surface area (Å²) in [5.41, 5.74) is 3.09. The van der Waals surface area contributed by atoms with Gasteiger partial charge in [0.25, 0.3) is 0 Å². The number of benzene rings is 2. The number of ether oxygens (including phenoxy) is 3. The van der Waals surface area contributed by atoms with Crippen molar-refractivity contribution < 1.29 is 14.2 Å². The van der Waals surface area contributed by atoms with Crippen molar-refractivity contribution in [2.75, 3.05) is 20.3 Å². The van der Waals surface area contributed by atoms with Crippen molar-refractivity contribution in [3.63, 3.8) is 0 Å². The monoisotopic (exact) mass is 350 g/mol. The van der Waals surface area contributed by atoms with Crippen LogP contribution in [-0.2, 0) is 16.0 Å². The highest BCUT2D eigenvalue weighted by Gasteiger charge is 2.30. The Morgan fingerprint density at radius 1 is 1.00 bits per heavy atom. The summed E-state index contributed by atoms with van der Waals surface area (Å²) in [7, 11) is 1.69. The molecule has 1 aliphatic heterocycles. The third-order valence-corrected chi connectivity index (χ3v) is 4.55. The zero-order valence-corrected chi connectivity index (χ0v) is 14.7. The summed E-state index contributed by atoms with van der Waals surface area (Å²) in [4.78, 5) is 0. The molecule has 1 aliphatic rings. The average Bonchev–Trinajstić information content (AvgIpc) is 3.32. The summed E-state index contributed by atoms with van der Waals surface area (Å²) < 4.78 is 19.1. The lowest BCUT2D eigenvalue weighted by atomic mass is 10.1. The summed E-state index contributed by atoms with van der Waals surface area (Å²) in [6, 6.07) is 20.3. The van der Waals surface area contributed by atoms with Crippen LogP contribution in [0.25, 0.3) is 11.3 Å². The Labute approximate surface area is 153 Å². The molecule has 0 amide bonds. The number of para-hydroxylation sites is 1. The number of methoxy groups -OCH3 is 1. The van der Waals surface area contributed by atoms with E-state index >= 15 is 0 Å². The fourth-order valence-corrected chi connectivity index (χ4v) is 3.15. The molecule has 1 aromatic heterocycles. The topological polar surface area (TPSA) is 45.5 Å². The molecule has 2 heterocycles. The van der Waals surface area contributed by atoms with E-state index in [2.05, 4.69) is 12.1 Å². The van der Waals surface area contributed by atoms with Crippen LogP contribution < -0.4 is 4.74 Å². The van der Waals surface area contributed by atoms with Crippen molar-refractivity contribution in [2.24, 2.45) is 0 Å². The molecule has 5 heteroatoms. The highest BCUT2D eigenvalue weighted by molar-refractivity contribution is 5.66. The summed E-state index contributed by atoms with van der Waals surface area (Å²) in [5.74, 6) is 0.801. The van der Waals surface area contributed by atoms with Gasteiger partial charge in [-0.05, 0) is 23.8 Å². The smallest absolute Gasteiger partial charge is 0.150 e. The second-order valence-corrected chi connectivity index (χ2v) is 6.35. The van der Waals surface area contributed by atoms with Gasteiger partial charge < -0.3 is 14.2 Å². The van der Waals surface area contributed by atoms with Crippen LogP contribution in [0.15, 0.2) is 66.9 Å². The lowest BCUT2D eigenvalue weighted by molar-refractivity contribution is 0.0328. The molecule has 5 nitrogen and oxygen atoms in total. The van der Waals surface area contributed by atoms with Crippen LogP contribution in [0.3, 0.4) is 0 Å². The van der Waals surface area contributed by atoms with E-state index in [9.17, 15) is 0 Å². The molecule has 1 saturated heterocycles. The minimum Gasteiger partial charge on any atom is -0.484 e. The molecule has 4 rings (SSSR count). The molecule has 134 valence electrons. The predicted octanol–water partition coefficient (Wildman–Crippen LogP) is 3.39. The summed E-state index contributed by atoms with van der Waals surface area (Å²) in [6.07, 6.45) is 1.85. The van der Waals surface area contributed by atoms with Crippen molar-refractivity contribution in [3.05, 3.63) is 72.4 Å². The molecular formula is C21H22N2O3. The Morgan fingerprint density at radius 3 is 2.62 bits per heavy atom. The maximum atomic E-state index is 6.19. The van der Waals surface area contributed by atoms with Crippen LogP contribution in [0, 0.1) is 0 Å². The molecule has 0 bridgehead atoms. The van der Waals surface area contributed by atoms with Gasteiger partial charge in [-0.3, -0.25) is 4.68 Å². The minimum atomic E-state index is -0.104. The van der Waals surface area contributed by atoms with Crippen LogP contribution >= 0.6 is 0 Å². The van der Waals surface area contributed by atoms with Gasteiger partial charge in [0.2, 0.25) is 0 Å². The van der Waals surface area contributed by atoms with Crippen LogP contribution in [-0.4, -0.2) is 42.3 Å². The normalized spacial score (nSPS) is 19.6. The van der Waals surface area contributed by atoms with Crippen molar-refractivity contribution in [3.8, 4) is 17.0 Å². The van der Waals surface area contributed by atoms with E-state index in [1.54, 1.807) is 7.11 Å². The molecule has 1 unspecified atom stereocenters. The van der Waals surface area contributed by atoms with Crippen molar-refractivity contribution in [1.29, 1.82) is 0 Å². The first kappa shape index (κ1) is 16.8. The molecule has 0 spiro atoms. The first-order valence-electron chi connectivity index (χ1n) is 8.77. The van der Waals surface area contributed by atoms with Crippen LogP contribution in [0.2, 0.25) is 0 Å². The summed E-state index contributed by atoms with van der Waals surface area (Å²) in [5, 5.41) is 4.72. The standard InChI is InChI=1S/C21H22N2O3/c1-24-20-14-25-15-21(20)26-19-10-6-5-9-17(19)18-11-12-23(22-18)13-16-7-3-2-4-8-16/h2-12,20-21H,13-15H2,1H3/t20?,21-/m1/s1. The Kier molecular flexibility index (Phi) is 5.00. The van der Waals surface area contributed by atoms with Crippen LogP contribution in [0.5, 0.6) is 5.75 Å². The fraction of sp³-hybridized carbons (Fsp3) is 0.286. The zero-order chi connectivity index (χ0) is 17.8. The van der Waals surface area contributed by atoms with Crippen LogP contribution in [0.1, 0.15) is 5.56 Å². The average molecular weight is 350 g/mol. The van der Waals surface area contributed by atoms with Gasteiger partial charge in [0.05, 0.1) is 25.5 Å². The van der Waals surface area contributed by atoms with Crippen LogP contribution in [0.4, 0.5) is 0 Å². The quantitative estimate of drug-likeness (QED) is 0.684. The zero-order valence-electron chi connectivity index (χ0n) is 14.7. The second-order valence-electron chi connectivity index (χ2n) is 6.35. The molecule has 0 aliphatic carbocycles. The second kappa shape index (κ2) is 7.72. The lowest BCUT2D eigenvalue weighted by Gasteiger charge is -2.19. The van der Waals surface area contributed by atoms with E-state index in [1.165, 1.54) is 5.56 Å². The molecule has 0 saturated carbocycles. The van der Waals surface area contributed by atoms with Crippen molar-refractivity contribution >= 4 is 0 Å². The van der Waals surface area contributed by atoms with E-state index in [1.807, 2.05) is 59.4 Å². The molecule has 26 heavy (non-hydrogen) atoms. The van der Waals surface area contributed by atoms with E-state index in [0.717, 1.165) is 23.6 Å². The van der Waals surface area contributed by atoms with Crippen molar-refractivity contribution in [1.82, 2.24) is 9.78 Å². The van der Waals surface area contributed by atoms with E-state index in [0.29, 0.717) is 13.2 Å². The number of rotatable bonds is 6. The first-order chi connectivity index (χ1) is 12.8. The largest absolute Gasteiger partial charge is 0.484 e. The first-order valence-corrected chi connectivity index (χ1v) is 8.77. The van der Waals surface area contributed by atoms with E-state index in [4.69, 9.17) is 19.3 Å². The van der Waals surface area contributed by atoms with Gasteiger partial charge in [-0.15, -0.1) is 0 Å². The highest BCUT2D eigenvalue weighted by atomic mass is 16.6. The van der Waals surface area contributed by atoms with E-state index in [-0.39, 0.29) is 12.2 Å². The Morgan fingerprint density at radius 2 is 1.77 bits per heavy atom. The lowest BCUT2D eigenvalue weighted by Crippen LogP contribution is -2.31. The third kappa shape index (κ3) is 3.64. The number of hydrogen-bond donors (Lipinski definition) is 0. The van der Waals surface area contributed by atoms with Gasteiger partial charge in [0.1, 0.15) is 11.9 Å². The number of hydrogen-bond acceptors (Lipinski definition) is 4. The molecule has 0 radical (unpaired) electrons. The Balaban J connectivity index is 1.55. The molecule has 0 N–H and O–H groups in total. The Bertz CT molecular complexity index is 847. The van der Waals surface area contributed by atoms with Gasteiger partial charge in [-0.1, -0.05) is 42.5 Å². The van der Waals surface area contributed by atoms with E-state index < -0.39 is 0 Å². The number of aromatic nitrogens is 2. The number of nitrogens with zero attached hydrogens (tertiary/aromatic N) is 2. The third-order valence-electron chi connectivity index (χ3n) is 4.55. The molecular weight excluding hydrogens is 328 g/mol. The molecule has 2 atom stereocenters. The fourth-order valence-electron chi connectivity index (χ4n) is 3.15.